The summed E-state index contributed by atoms with van der Waals surface area (Å²) >= 11 is 11.8. The van der Waals surface area contributed by atoms with Crippen LogP contribution in [-0.4, -0.2) is 26.7 Å². The molecule has 20 heavy (non-hydrogen) atoms. The van der Waals surface area contributed by atoms with Gasteiger partial charge in [0.25, 0.3) is 0 Å². The molecular weight excluding hydrogens is 299 g/mol. The molecule has 1 fully saturated rings. The van der Waals surface area contributed by atoms with Gasteiger partial charge >= 0.3 is 0 Å². The molecule has 1 N–H and O–H groups in total. The Labute approximate surface area is 125 Å². The van der Waals surface area contributed by atoms with Crippen LogP contribution >= 0.6 is 23.2 Å². The number of hydrogen-bond acceptors (Lipinski definition) is 3. The van der Waals surface area contributed by atoms with Crippen LogP contribution in [0.4, 0.5) is 0 Å². The Bertz CT molecular complexity index is 634. The fourth-order valence-corrected chi connectivity index (χ4v) is 2.09. The molecule has 0 unspecified atom stereocenters. The molecule has 0 radical (unpaired) electrons. The molecule has 1 saturated carbocycles. The summed E-state index contributed by atoms with van der Waals surface area (Å²) in [4.78, 5) is 15.9. The quantitative estimate of drug-likeness (QED) is 0.944. The Hall–Kier alpha value is -1.59. The number of aromatic nitrogens is 3. The van der Waals surface area contributed by atoms with Crippen molar-refractivity contribution in [3.63, 3.8) is 0 Å². The molecule has 1 aliphatic carbocycles. The fraction of sp³-hybridized carbons (Fsp3) is 0.308. The Morgan fingerprint density at radius 2 is 2.00 bits per heavy atom. The largest absolute Gasteiger partial charge is 0.352 e. The summed E-state index contributed by atoms with van der Waals surface area (Å²) in [5, 5.41) is 7.97. The van der Waals surface area contributed by atoms with Crippen LogP contribution in [0.2, 0.25) is 10.3 Å². The number of carbonyl (C=O) groups is 1. The highest BCUT2D eigenvalue weighted by molar-refractivity contribution is 6.30. The topological polar surface area (TPSA) is 59.8 Å². The molecule has 0 atom stereocenters. The number of halogens is 2. The molecule has 1 aromatic heterocycles. The van der Waals surface area contributed by atoms with E-state index in [1.807, 2.05) is 12.1 Å². The second-order valence-electron chi connectivity index (χ2n) is 4.71. The van der Waals surface area contributed by atoms with E-state index in [2.05, 4.69) is 15.4 Å². The lowest BCUT2D eigenvalue weighted by Crippen LogP contribution is -2.29. The van der Waals surface area contributed by atoms with Gasteiger partial charge in [-0.1, -0.05) is 11.6 Å². The predicted octanol–water partition coefficient (Wildman–Crippen LogP) is 2.53. The van der Waals surface area contributed by atoms with Gasteiger partial charge in [0.1, 0.15) is 6.54 Å². The van der Waals surface area contributed by atoms with Gasteiger partial charge in [-0.15, -0.1) is 5.10 Å². The smallest absolute Gasteiger partial charge is 0.242 e. The Morgan fingerprint density at radius 1 is 1.30 bits per heavy atom. The molecule has 0 bridgehead atoms. The average Bonchev–Trinajstić information content (AvgIpc) is 3.14. The summed E-state index contributed by atoms with van der Waals surface area (Å²) in [5.41, 5.74) is 0.803. The lowest BCUT2D eigenvalue weighted by Gasteiger charge is -2.03. The molecule has 1 heterocycles. The zero-order valence-electron chi connectivity index (χ0n) is 10.5. The van der Waals surface area contributed by atoms with Gasteiger partial charge < -0.3 is 5.32 Å². The molecular formula is C13H12Cl2N4O. The first-order valence-electron chi connectivity index (χ1n) is 6.27. The third-order valence-electron chi connectivity index (χ3n) is 2.96. The van der Waals surface area contributed by atoms with Crippen molar-refractivity contribution in [1.82, 2.24) is 20.1 Å². The van der Waals surface area contributed by atoms with E-state index >= 15 is 0 Å². The maximum atomic E-state index is 11.7. The van der Waals surface area contributed by atoms with Gasteiger partial charge in [-0.25, -0.2) is 4.68 Å². The summed E-state index contributed by atoms with van der Waals surface area (Å²) in [7, 11) is 0. The van der Waals surface area contributed by atoms with Crippen molar-refractivity contribution < 1.29 is 4.79 Å². The third-order valence-corrected chi connectivity index (χ3v) is 3.50. The lowest BCUT2D eigenvalue weighted by molar-refractivity contribution is -0.122. The summed E-state index contributed by atoms with van der Waals surface area (Å²) in [6.45, 7) is 0.0793. The number of carbonyl (C=O) groups excluding carboxylic acids is 1. The molecule has 0 saturated heterocycles. The minimum atomic E-state index is -0.0954. The van der Waals surface area contributed by atoms with E-state index < -0.39 is 0 Å². The maximum absolute atomic E-state index is 11.7. The molecule has 1 aliphatic rings. The number of nitrogens with one attached hydrogen (secondary N) is 1. The van der Waals surface area contributed by atoms with Crippen molar-refractivity contribution in [2.24, 2.45) is 0 Å². The van der Waals surface area contributed by atoms with E-state index in [1.54, 1.807) is 12.1 Å². The Balaban J connectivity index is 1.75. The molecule has 1 aromatic carbocycles. The zero-order valence-corrected chi connectivity index (χ0v) is 12.0. The van der Waals surface area contributed by atoms with Crippen molar-refractivity contribution in [3.8, 4) is 11.4 Å². The monoisotopic (exact) mass is 310 g/mol. The van der Waals surface area contributed by atoms with E-state index in [4.69, 9.17) is 23.2 Å². The second kappa shape index (κ2) is 5.42. The van der Waals surface area contributed by atoms with Crippen molar-refractivity contribution in [2.75, 3.05) is 0 Å². The second-order valence-corrected chi connectivity index (χ2v) is 5.49. The highest BCUT2D eigenvalue weighted by Crippen LogP contribution is 2.21. The molecule has 5 nitrogen and oxygen atoms in total. The number of nitrogens with zero attached hydrogens (tertiary/aromatic N) is 3. The van der Waals surface area contributed by atoms with Crippen LogP contribution in [0.5, 0.6) is 0 Å². The van der Waals surface area contributed by atoms with Crippen LogP contribution in [0, 0.1) is 0 Å². The van der Waals surface area contributed by atoms with Crippen molar-refractivity contribution in [1.29, 1.82) is 0 Å². The summed E-state index contributed by atoms with van der Waals surface area (Å²) < 4.78 is 1.39. The van der Waals surface area contributed by atoms with Crippen molar-refractivity contribution in [3.05, 3.63) is 34.6 Å². The van der Waals surface area contributed by atoms with E-state index in [1.165, 1.54) is 4.68 Å². The maximum Gasteiger partial charge on any atom is 0.242 e. The zero-order chi connectivity index (χ0) is 14.1. The van der Waals surface area contributed by atoms with E-state index in [0.29, 0.717) is 16.9 Å². The van der Waals surface area contributed by atoms with Gasteiger partial charge in [0.2, 0.25) is 11.2 Å². The molecule has 2 aromatic rings. The summed E-state index contributed by atoms with van der Waals surface area (Å²) in [5.74, 6) is 0.382. The van der Waals surface area contributed by atoms with E-state index in [-0.39, 0.29) is 17.7 Å². The van der Waals surface area contributed by atoms with E-state index in [9.17, 15) is 4.79 Å². The van der Waals surface area contributed by atoms with Crippen LogP contribution in [0.25, 0.3) is 11.4 Å². The molecule has 104 valence electrons. The van der Waals surface area contributed by atoms with E-state index in [0.717, 1.165) is 18.4 Å². The van der Waals surface area contributed by atoms with Crippen molar-refractivity contribution >= 4 is 29.1 Å². The van der Waals surface area contributed by atoms with Gasteiger partial charge in [-0.05, 0) is 48.7 Å². The van der Waals surface area contributed by atoms with Crippen LogP contribution in [0.15, 0.2) is 24.3 Å². The Morgan fingerprint density at radius 3 is 2.65 bits per heavy atom. The van der Waals surface area contributed by atoms with Gasteiger partial charge in [-0.3, -0.25) is 4.79 Å². The van der Waals surface area contributed by atoms with Gasteiger partial charge in [0, 0.05) is 16.6 Å². The average molecular weight is 311 g/mol. The molecule has 0 aliphatic heterocycles. The minimum absolute atomic E-state index is 0.0793. The first-order valence-corrected chi connectivity index (χ1v) is 7.03. The summed E-state index contributed by atoms with van der Waals surface area (Å²) in [6, 6.07) is 7.45. The number of hydrogen-bond donors (Lipinski definition) is 1. The molecule has 0 spiro atoms. The highest BCUT2D eigenvalue weighted by atomic mass is 35.5. The van der Waals surface area contributed by atoms with Crippen molar-refractivity contribution in [2.45, 2.75) is 25.4 Å². The minimum Gasteiger partial charge on any atom is -0.352 e. The lowest BCUT2D eigenvalue weighted by atomic mass is 10.2. The normalized spacial score (nSPS) is 14.3. The third kappa shape index (κ3) is 3.11. The molecule has 1 amide bonds. The molecule has 3 rings (SSSR count). The SMILES string of the molecule is O=C(Cn1nc(-c2ccc(Cl)cc2)nc1Cl)NC1CC1. The standard InChI is InChI=1S/C13H12Cl2N4O/c14-9-3-1-8(2-4-9)12-17-13(15)19(18-12)7-11(20)16-10-5-6-10/h1-4,10H,5-7H2,(H,16,20). The molecule has 7 heteroatoms. The summed E-state index contributed by atoms with van der Waals surface area (Å²) in [6.07, 6.45) is 2.10. The number of rotatable bonds is 4. The van der Waals surface area contributed by atoms with Gasteiger partial charge in [-0.2, -0.15) is 4.98 Å². The van der Waals surface area contributed by atoms with Gasteiger partial charge in [0.15, 0.2) is 5.82 Å². The van der Waals surface area contributed by atoms with Crippen LogP contribution < -0.4 is 5.32 Å². The number of benzene rings is 1. The first-order chi connectivity index (χ1) is 9.61. The number of amides is 1. The Kier molecular flexibility index (Phi) is 3.63. The van der Waals surface area contributed by atoms with Crippen LogP contribution in [0.3, 0.4) is 0 Å². The predicted molar refractivity (Wildman–Crippen MR) is 76.6 cm³/mol. The van der Waals surface area contributed by atoms with Gasteiger partial charge in [0.05, 0.1) is 0 Å². The van der Waals surface area contributed by atoms with Crippen LogP contribution in [0.1, 0.15) is 12.8 Å². The fourth-order valence-electron chi connectivity index (χ4n) is 1.78. The first kappa shape index (κ1) is 13.4. The highest BCUT2D eigenvalue weighted by Gasteiger charge is 2.23. The van der Waals surface area contributed by atoms with Crippen LogP contribution in [-0.2, 0) is 11.3 Å².